The highest BCUT2D eigenvalue weighted by atomic mass is 79.9. The maximum absolute atomic E-state index is 13.2. The van der Waals surface area contributed by atoms with Crippen LogP contribution in [0.2, 0.25) is 0 Å². The van der Waals surface area contributed by atoms with E-state index in [0.29, 0.717) is 12.5 Å². The molecule has 1 aliphatic heterocycles. The first kappa shape index (κ1) is 11.6. The summed E-state index contributed by atoms with van der Waals surface area (Å²) >= 11 is 3.29. The van der Waals surface area contributed by atoms with Gasteiger partial charge in [-0.3, -0.25) is 4.90 Å². The molecule has 4 heteroatoms. The van der Waals surface area contributed by atoms with Crippen LogP contribution in [0.15, 0.2) is 22.7 Å². The van der Waals surface area contributed by atoms with Crippen LogP contribution in [0.25, 0.3) is 0 Å². The summed E-state index contributed by atoms with van der Waals surface area (Å²) in [6.07, 6.45) is 2.33. The Bertz CT molecular complexity index is 421. The van der Waals surface area contributed by atoms with E-state index in [2.05, 4.69) is 20.8 Å². The zero-order valence-electron chi connectivity index (χ0n) is 9.50. The van der Waals surface area contributed by atoms with Crippen molar-refractivity contribution in [1.82, 2.24) is 4.90 Å². The lowest BCUT2D eigenvalue weighted by atomic mass is 9.88. The third-order valence-electron chi connectivity index (χ3n) is 3.66. The van der Waals surface area contributed by atoms with Crippen LogP contribution in [0.5, 0.6) is 0 Å². The van der Waals surface area contributed by atoms with Crippen molar-refractivity contribution in [3.8, 4) is 0 Å². The number of rotatable bonds is 3. The van der Waals surface area contributed by atoms with Gasteiger partial charge in [-0.2, -0.15) is 0 Å². The molecular formula is C13H15BrFNO. The van der Waals surface area contributed by atoms with E-state index >= 15 is 0 Å². The highest BCUT2D eigenvalue weighted by Crippen LogP contribution is 2.44. The van der Waals surface area contributed by atoms with E-state index in [1.165, 1.54) is 6.07 Å². The van der Waals surface area contributed by atoms with E-state index in [1.807, 2.05) is 6.07 Å². The Balaban J connectivity index is 1.61. The summed E-state index contributed by atoms with van der Waals surface area (Å²) in [5.41, 5.74) is 0.500. The minimum absolute atomic E-state index is 0.215. The number of hydrogen-bond acceptors (Lipinski definition) is 2. The molecule has 92 valence electrons. The fraction of sp³-hybridized carbons (Fsp3) is 0.538. The van der Waals surface area contributed by atoms with Crippen molar-refractivity contribution in [2.45, 2.75) is 25.0 Å². The molecule has 0 unspecified atom stereocenters. The second kappa shape index (κ2) is 4.04. The van der Waals surface area contributed by atoms with Gasteiger partial charge in [-0.15, -0.1) is 0 Å². The molecule has 2 nitrogen and oxygen atoms in total. The molecule has 0 amide bonds. The first-order valence-corrected chi connectivity index (χ1v) is 6.74. The van der Waals surface area contributed by atoms with Gasteiger partial charge in [0, 0.05) is 24.1 Å². The molecule has 1 N–H and O–H groups in total. The van der Waals surface area contributed by atoms with Gasteiger partial charge in [0.2, 0.25) is 0 Å². The summed E-state index contributed by atoms with van der Waals surface area (Å²) in [6, 6.07) is 4.94. The van der Waals surface area contributed by atoms with Crippen LogP contribution in [0.1, 0.15) is 18.4 Å². The van der Waals surface area contributed by atoms with Crippen LogP contribution in [0.4, 0.5) is 4.39 Å². The van der Waals surface area contributed by atoms with Crippen molar-refractivity contribution in [2.24, 2.45) is 5.92 Å². The van der Waals surface area contributed by atoms with Gasteiger partial charge in [-0.05, 0) is 42.5 Å². The highest BCUT2D eigenvalue weighted by molar-refractivity contribution is 9.10. The van der Waals surface area contributed by atoms with Crippen molar-refractivity contribution < 1.29 is 9.50 Å². The number of benzene rings is 1. The van der Waals surface area contributed by atoms with Crippen LogP contribution in [0.3, 0.4) is 0 Å². The van der Waals surface area contributed by atoms with Gasteiger partial charge in [-0.1, -0.05) is 15.9 Å². The second-order valence-electron chi connectivity index (χ2n) is 5.30. The van der Waals surface area contributed by atoms with Crippen molar-refractivity contribution >= 4 is 15.9 Å². The minimum Gasteiger partial charge on any atom is -0.387 e. The van der Waals surface area contributed by atoms with Crippen LogP contribution in [-0.2, 0) is 6.54 Å². The number of likely N-dealkylation sites (tertiary alicyclic amines) is 1. The number of β-amino-alcohol motifs (C(OH)–C–C–N with tert-alkyl or cyclic N) is 1. The third kappa shape index (κ3) is 2.39. The number of aliphatic hydroxyl groups is 1. The molecule has 1 saturated carbocycles. The smallest absolute Gasteiger partial charge is 0.124 e. The summed E-state index contributed by atoms with van der Waals surface area (Å²) in [6.45, 7) is 2.17. The van der Waals surface area contributed by atoms with E-state index in [1.54, 1.807) is 6.07 Å². The summed E-state index contributed by atoms with van der Waals surface area (Å²) in [5.74, 6) is 0.297. The second-order valence-corrected chi connectivity index (χ2v) is 6.22. The zero-order chi connectivity index (χ0) is 12.0. The normalized spacial score (nSPS) is 23.5. The molecule has 2 aliphatic rings. The van der Waals surface area contributed by atoms with Crippen LogP contribution < -0.4 is 0 Å². The van der Waals surface area contributed by atoms with Crippen LogP contribution in [-0.4, -0.2) is 28.7 Å². The predicted octanol–water partition coefficient (Wildman–Crippen LogP) is 2.54. The summed E-state index contributed by atoms with van der Waals surface area (Å²) in [7, 11) is 0. The van der Waals surface area contributed by atoms with E-state index in [9.17, 15) is 9.50 Å². The first-order valence-electron chi connectivity index (χ1n) is 5.95. The Kier molecular flexibility index (Phi) is 2.76. The fourth-order valence-electron chi connectivity index (χ4n) is 2.68. The Hall–Kier alpha value is -0.450. The molecule has 0 aromatic heterocycles. The molecule has 1 aliphatic carbocycles. The predicted molar refractivity (Wildman–Crippen MR) is 67.1 cm³/mol. The Morgan fingerprint density at radius 1 is 1.35 bits per heavy atom. The molecule has 1 saturated heterocycles. The zero-order valence-corrected chi connectivity index (χ0v) is 11.1. The standard InChI is InChI=1S/C13H15BrFNO/c14-11-3-9(4-12(15)5-11)6-16-7-13(17,8-16)10-1-2-10/h3-5,10,17H,1-2,6-8H2. The van der Waals surface area contributed by atoms with E-state index in [0.717, 1.165) is 36.0 Å². The minimum atomic E-state index is -0.454. The average molecular weight is 300 g/mol. The van der Waals surface area contributed by atoms with Gasteiger partial charge in [-0.25, -0.2) is 4.39 Å². The SMILES string of the molecule is OC1(C2CC2)CN(Cc2cc(F)cc(Br)c2)C1. The Labute approximate surface area is 109 Å². The van der Waals surface area contributed by atoms with Gasteiger partial charge >= 0.3 is 0 Å². The van der Waals surface area contributed by atoms with Gasteiger partial charge in [0.15, 0.2) is 0 Å². The summed E-state index contributed by atoms with van der Waals surface area (Å²) in [5, 5.41) is 10.2. The maximum atomic E-state index is 13.2. The number of halogens is 2. The fourth-order valence-corrected chi connectivity index (χ4v) is 3.19. The van der Waals surface area contributed by atoms with Crippen LogP contribution >= 0.6 is 15.9 Å². The molecule has 1 aromatic rings. The number of hydrogen-bond donors (Lipinski definition) is 1. The molecule has 1 heterocycles. The van der Waals surface area contributed by atoms with Crippen molar-refractivity contribution in [3.05, 3.63) is 34.1 Å². The Morgan fingerprint density at radius 3 is 2.65 bits per heavy atom. The quantitative estimate of drug-likeness (QED) is 0.927. The monoisotopic (exact) mass is 299 g/mol. The van der Waals surface area contributed by atoms with Crippen molar-refractivity contribution in [1.29, 1.82) is 0 Å². The van der Waals surface area contributed by atoms with E-state index < -0.39 is 5.60 Å². The largest absolute Gasteiger partial charge is 0.387 e. The van der Waals surface area contributed by atoms with Crippen LogP contribution in [0, 0.1) is 11.7 Å². The topological polar surface area (TPSA) is 23.5 Å². The molecule has 17 heavy (non-hydrogen) atoms. The van der Waals surface area contributed by atoms with Crippen molar-refractivity contribution in [3.63, 3.8) is 0 Å². The summed E-state index contributed by atoms with van der Waals surface area (Å²) < 4.78 is 14.0. The molecule has 0 radical (unpaired) electrons. The third-order valence-corrected chi connectivity index (χ3v) is 4.12. The molecule has 1 aromatic carbocycles. The van der Waals surface area contributed by atoms with Gasteiger partial charge in [0.25, 0.3) is 0 Å². The van der Waals surface area contributed by atoms with Crippen molar-refractivity contribution in [2.75, 3.05) is 13.1 Å². The Morgan fingerprint density at radius 2 is 2.06 bits per heavy atom. The molecule has 0 bridgehead atoms. The highest BCUT2D eigenvalue weighted by Gasteiger charge is 2.51. The molecular weight excluding hydrogens is 285 g/mol. The summed E-state index contributed by atoms with van der Waals surface area (Å²) in [4.78, 5) is 2.17. The lowest BCUT2D eigenvalue weighted by molar-refractivity contribution is -0.116. The van der Waals surface area contributed by atoms with E-state index in [4.69, 9.17) is 0 Å². The molecule has 2 fully saturated rings. The molecule has 0 spiro atoms. The van der Waals surface area contributed by atoms with Gasteiger partial charge < -0.3 is 5.11 Å². The van der Waals surface area contributed by atoms with E-state index in [-0.39, 0.29) is 5.82 Å². The average Bonchev–Trinajstić information content (AvgIpc) is 2.95. The van der Waals surface area contributed by atoms with Gasteiger partial charge in [0.1, 0.15) is 5.82 Å². The molecule has 3 rings (SSSR count). The lowest BCUT2D eigenvalue weighted by Gasteiger charge is -2.47. The lowest BCUT2D eigenvalue weighted by Crippen LogP contribution is -2.62. The first-order chi connectivity index (χ1) is 8.05. The number of nitrogens with zero attached hydrogens (tertiary/aromatic N) is 1. The van der Waals surface area contributed by atoms with Gasteiger partial charge in [0.05, 0.1) is 5.60 Å². The molecule has 0 atom stereocenters. The maximum Gasteiger partial charge on any atom is 0.124 e.